The van der Waals surface area contributed by atoms with Crippen molar-refractivity contribution in [1.29, 1.82) is 0 Å². The van der Waals surface area contributed by atoms with E-state index in [-0.39, 0.29) is 0 Å². The normalized spacial score (nSPS) is 10.3. The van der Waals surface area contributed by atoms with Gasteiger partial charge in [-0.15, -0.1) is 0 Å². The van der Waals surface area contributed by atoms with Crippen LogP contribution in [0.25, 0.3) is 11.1 Å². The lowest BCUT2D eigenvalue weighted by Gasteiger charge is -2.07. The van der Waals surface area contributed by atoms with Crippen molar-refractivity contribution in [1.82, 2.24) is 0 Å². The highest BCUT2D eigenvalue weighted by Gasteiger charge is 2.09. The fourth-order valence-electron chi connectivity index (χ4n) is 2.05. The second kappa shape index (κ2) is 5.83. The van der Waals surface area contributed by atoms with Gasteiger partial charge < -0.3 is 0 Å². The van der Waals surface area contributed by atoms with Crippen molar-refractivity contribution in [3.63, 3.8) is 0 Å². The summed E-state index contributed by atoms with van der Waals surface area (Å²) in [7, 11) is 0. The van der Waals surface area contributed by atoms with Crippen molar-refractivity contribution in [2.75, 3.05) is 0 Å². The van der Waals surface area contributed by atoms with Gasteiger partial charge in [-0.2, -0.15) is 0 Å². The van der Waals surface area contributed by atoms with Crippen LogP contribution in [-0.4, -0.2) is 5.24 Å². The van der Waals surface area contributed by atoms with Crippen LogP contribution in [-0.2, 0) is 6.42 Å². The van der Waals surface area contributed by atoms with Crippen molar-refractivity contribution in [2.45, 2.75) is 19.8 Å². The van der Waals surface area contributed by atoms with E-state index in [0.29, 0.717) is 5.56 Å². The molecule has 2 aromatic carbocycles. The van der Waals surface area contributed by atoms with Crippen LogP contribution in [0.5, 0.6) is 0 Å². The summed E-state index contributed by atoms with van der Waals surface area (Å²) in [6.07, 6.45) is 2.21. The van der Waals surface area contributed by atoms with Crippen molar-refractivity contribution in [3.8, 4) is 11.1 Å². The summed E-state index contributed by atoms with van der Waals surface area (Å²) in [5, 5.41) is -0.414. The van der Waals surface area contributed by atoms with Crippen LogP contribution in [0, 0.1) is 0 Å². The van der Waals surface area contributed by atoms with Crippen molar-refractivity contribution < 1.29 is 4.79 Å². The molecule has 0 aliphatic heterocycles. The molecule has 0 radical (unpaired) electrons. The van der Waals surface area contributed by atoms with E-state index in [1.54, 1.807) is 6.07 Å². The van der Waals surface area contributed by atoms with Crippen LogP contribution < -0.4 is 0 Å². The molecular formula is C16H15ClO. The van der Waals surface area contributed by atoms with E-state index in [1.807, 2.05) is 30.3 Å². The van der Waals surface area contributed by atoms with Crippen LogP contribution in [0.4, 0.5) is 0 Å². The molecule has 0 saturated carbocycles. The van der Waals surface area contributed by atoms with Crippen LogP contribution in [0.2, 0.25) is 0 Å². The van der Waals surface area contributed by atoms with Gasteiger partial charge in [0.2, 0.25) is 0 Å². The smallest absolute Gasteiger partial charge is 0.253 e. The minimum atomic E-state index is -0.414. The number of carbonyl (C=O) groups excluding carboxylic acids is 1. The first-order valence-corrected chi connectivity index (χ1v) is 6.48. The molecule has 0 N–H and O–H groups in total. The number of hydrogen-bond acceptors (Lipinski definition) is 1. The zero-order valence-electron chi connectivity index (χ0n) is 10.3. The Balaban J connectivity index is 2.39. The number of halogens is 1. The van der Waals surface area contributed by atoms with Crippen LogP contribution >= 0.6 is 11.6 Å². The Morgan fingerprint density at radius 1 is 1.06 bits per heavy atom. The lowest BCUT2D eigenvalue weighted by atomic mass is 9.98. The topological polar surface area (TPSA) is 17.1 Å². The molecule has 1 nitrogen and oxygen atoms in total. The number of rotatable bonds is 4. The minimum Gasteiger partial charge on any atom is -0.276 e. The van der Waals surface area contributed by atoms with Gasteiger partial charge in [-0.1, -0.05) is 55.8 Å². The average Bonchev–Trinajstić information content (AvgIpc) is 2.40. The monoisotopic (exact) mass is 258 g/mol. The number of aryl methyl sites for hydroxylation is 1. The molecule has 0 fully saturated rings. The van der Waals surface area contributed by atoms with Crippen molar-refractivity contribution in [3.05, 3.63) is 59.7 Å². The quantitative estimate of drug-likeness (QED) is 0.728. The molecule has 0 saturated heterocycles. The van der Waals surface area contributed by atoms with Crippen molar-refractivity contribution >= 4 is 16.8 Å². The summed E-state index contributed by atoms with van der Waals surface area (Å²) in [5.74, 6) is 0. The summed E-state index contributed by atoms with van der Waals surface area (Å²) < 4.78 is 0. The van der Waals surface area contributed by atoms with Gasteiger partial charge >= 0.3 is 0 Å². The van der Waals surface area contributed by atoms with Gasteiger partial charge in [0.15, 0.2) is 0 Å². The molecule has 92 valence electrons. The Morgan fingerprint density at radius 2 is 1.72 bits per heavy atom. The summed E-state index contributed by atoms with van der Waals surface area (Å²) >= 11 is 5.60. The minimum absolute atomic E-state index is 0.414. The molecule has 0 atom stereocenters. The predicted octanol–water partition coefficient (Wildman–Crippen LogP) is 4.69. The molecule has 0 aliphatic carbocycles. The summed E-state index contributed by atoms with van der Waals surface area (Å²) in [5.41, 5.74) is 3.79. The Hall–Kier alpha value is -1.60. The molecule has 0 unspecified atom stereocenters. The Morgan fingerprint density at radius 3 is 2.33 bits per heavy atom. The van der Waals surface area contributed by atoms with E-state index in [9.17, 15) is 4.79 Å². The molecule has 0 aromatic heterocycles. The van der Waals surface area contributed by atoms with E-state index >= 15 is 0 Å². The fraction of sp³-hybridized carbons (Fsp3) is 0.188. The maximum atomic E-state index is 11.4. The first kappa shape index (κ1) is 12.8. The Kier molecular flexibility index (Phi) is 4.16. The van der Waals surface area contributed by atoms with Crippen LogP contribution in [0.3, 0.4) is 0 Å². The standard InChI is InChI=1S/C16H15ClO/c1-2-5-12-8-10-13(11-9-12)14-6-3-4-7-15(14)16(17)18/h3-4,6-11H,2,5H2,1H3. The molecule has 2 heteroatoms. The molecule has 0 aliphatic rings. The summed E-state index contributed by atoms with van der Waals surface area (Å²) in [4.78, 5) is 11.4. The molecule has 2 aromatic rings. The van der Waals surface area contributed by atoms with Gasteiger partial charge in [-0.25, -0.2) is 0 Å². The molecule has 0 bridgehead atoms. The lowest BCUT2D eigenvalue weighted by Crippen LogP contribution is -1.93. The van der Waals surface area contributed by atoms with E-state index in [4.69, 9.17) is 11.6 Å². The molecular weight excluding hydrogens is 244 g/mol. The second-order valence-corrected chi connectivity index (χ2v) is 4.61. The lowest BCUT2D eigenvalue weighted by molar-refractivity contribution is 0.108. The van der Waals surface area contributed by atoms with Gasteiger partial charge in [0.1, 0.15) is 0 Å². The van der Waals surface area contributed by atoms with Crippen LogP contribution in [0.15, 0.2) is 48.5 Å². The van der Waals surface area contributed by atoms with Crippen molar-refractivity contribution in [2.24, 2.45) is 0 Å². The van der Waals surface area contributed by atoms with E-state index in [0.717, 1.165) is 24.0 Å². The Bertz CT molecular complexity index is 543. The third-order valence-electron chi connectivity index (χ3n) is 2.94. The first-order valence-electron chi connectivity index (χ1n) is 6.10. The molecule has 18 heavy (non-hydrogen) atoms. The molecule has 0 amide bonds. The number of benzene rings is 2. The van der Waals surface area contributed by atoms with Gasteiger partial charge in [-0.3, -0.25) is 4.79 Å². The summed E-state index contributed by atoms with van der Waals surface area (Å²) in [6.45, 7) is 2.16. The number of hydrogen-bond donors (Lipinski definition) is 0. The van der Waals surface area contributed by atoms with E-state index < -0.39 is 5.24 Å². The second-order valence-electron chi connectivity index (χ2n) is 4.27. The molecule has 0 spiro atoms. The maximum Gasteiger partial charge on any atom is 0.253 e. The van der Waals surface area contributed by atoms with E-state index in [2.05, 4.69) is 19.1 Å². The van der Waals surface area contributed by atoms with E-state index in [1.165, 1.54) is 5.56 Å². The number of carbonyl (C=O) groups is 1. The van der Waals surface area contributed by atoms with Gasteiger partial charge in [0.05, 0.1) is 0 Å². The third-order valence-corrected chi connectivity index (χ3v) is 3.15. The predicted molar refractivity (Wildman–Crippen MR) is 76.1 cm³/mol. The van der Waals surface area contributed by atoms with Gasteiger partial charge in [0.25, 0.3) is 5.24 Å². The first-order chi connectivity index (χ1) is 8.72. The molecule has 2 rings (SSSR count). The van der Waals surface area contributed by atoms with Gasteiger partial charge in [-0.05, 0) is 40.8 Å². The average molecular weight is 259 g/mol. The highest BCUT2D eigenvalue weighted by atomic mass is 35.5. The highest BCUT2D eigenvalue weighted by molar-refractivity contribution is 6.68. The largest absolute Gasteiger partial charge is 0.276 e. The fourth-order valence-corrected chi connectivity index (χ4v) is 2.21. The van der Waals surface area contributed by atoms with Crippen LogP contribution in [0.1, 0.15) is 29.3 Å². The SMILES string of the molecule is CCCc1ccc(-c2ccccc2C(=O)Cl)cc1. The highest BCUT2D eigenvalue weighted by Crippen LogP contribution is 2.25. The maximum absolute atomic E-state index is 11.4. The Labute approximate surface area is 112 Å². The molecule has 0 heterocycles. The summed E-state index contributed by atoms with van der Waals surface area (Å²) in [6, 6.07) is 15.7. The zero-order valence-corrected chi connectivity index (χ0v) is 11.1. The van der Waals surface area contributed by atoms with Gasteiger partial charge in [0, 0.05) is 5.56 Å². The zero-order chi connectivity index (χ0) is 13.0. The third kappa shape index (κ3) is 2.80.